The molecule has 2 saturated heterocycles. The van der Waals surface area contributed by atoms with Gasteiger partial charge >= 0.3 is 0 Å². The molecule has 3 amide bonds. The Morgan fingerprint density at radius 2 is 1.74 bits per heavy atom. The van der Waals surface area contributed by atoms with E-state index in [4.69, 9.17) is 15.2 Å². The van der Waals surface area contributed by atoms with E-state index in [2.05, 4.69) is 15.1 Å². The Morgan fingerprint density at radius 3 is 2.41 bits per heavy atom. The lowest BCUT2D eigenvalue weighted by molar-refractivity contribution is -0.136. The standard InChI is InChI=1S/C23H33N5O5S/c24-6-11-32-15-26-7-9-27(10-8-26)16-33-12-13-34-20-3-1-2-17-18(20)14-28(23(17)31)19-4-5-21(29)25-22(19)30/h1-3,19H,4-16,24H2,(H,25,29,30). The number of hydrogen-bond donors (Lipinski definition) is 2. The Hall–Kier alpha value is -2.02. The van der Waals surface area contributed by atoms with Crippen molar-refractivity contribution < 1.29 is 23.9 Å². The average Bonchev–Trinajstić information content (AvgIpc) is 3.17. The first kappa shape index (κ1) is 25.1. The molecule has 10 nitrogen and oxygen atoms in total. The van der Waals surface area contributed by atoms with E-state index in [1.807, 2.05) is 18.2 Å². The molecule has 1 unspecified atom stereocenters. The van der Waals surface area contributed by atoms with Crippen LogP contribution in [0, 0.1) is 0 Å². The van der Waals surface area contributed by atoms with Crippen molar-refractivity contribution in [2.45, 2.75) is 30.3 Å². The Kier molecular flexibility index (Phi) is 8.92. The summed E-state index contributed by atoms with van der Waals surface area (Å²) in [6.07, 6.45) is 0.627. The highest BCUT2D eigenvalue weighted by atomic mass is 32.2. The van der Waals surface area contributed by atoms with Crippen LogP contribution in [0.3, 0.4) is 0 Å². The molecule has 3 aliphatic heterocycles. The van der Waals surface area contributed by atoms with Gasteiger partial charge in [0.25, 0.3) is 5.91 Å². The molecule has 0 spiro atoms. The van der Waals surface area contributed by atoms with Gasteiger partial charge in [0, 0.05) is 61.9 Å². The molecule has 0 saturated carbocycles. The highest BCUT2D eigenvalue weighted by molar-refractivity contribution is 7.99. The van der Waals surface area contributed by atoms with E-state index in [1.165, 1.54) is 0 Å². The zero-order valence-corrected chi connectivity index (χ0v) is 20.2. The first-order valence-corrected chi connectivity index (χ1v) is 12.7. The summed E-state index contributed by atoms with van der Waals surface area (Å²) in [5.41, 5.74) is 7.05. The summed E-state index contributed by atoms with van der Waals surface area (Å²) < 4.78 is 11.4. The average molecular weight is 492 g/mol. The molecule has 2 fully saturated rings. The number of carbonyl (C=O) groups excluding carboxylic acids is 3. The lowest BCUT2D eigenvalue weighted by Crippen LogP contribution is -2.52. The molecule has 186 valence electrons. The molecular formula is C23H33N5O5S. The van der Waals surface area contributed by atoms with Crippen LogP contribution in [0.5, 0.6) is 0 Å². The third-order valence-corrected chi connectivity index (χ3v) is 7.36. The number of piperidine rings is 1. The minimum absolute atomic E-state index is 0.143. The minimum atomic E-state index is -0.591. The smallest absolute Gasteiger partial charge is 0.255 e. The summed E-state index contributed by atoms with van der Waals surface area (Å²) in [6, 6.07) is 5.11. The number of amides is 3. The van der Waals surface area contributed by atoms with Crippen molar-refractivity contribution in [1.82, 2.24) is 20.0 Å². The van der Waals surface area contributed by atoms with E-state index < -0.39 is 6.04 Å². The zero-order chi connectivity index (χ0) is 23.9. The van der Waals surface area contributed by atoms with Crippen LogP contribution in [0.25, 0.3) is 0 Å². The second kappa shape index (κ2) is 12.1. The fraction of sp³-hybridized carbons (Fsp3) is 0.609. The number of ether oxygens (including phenoxy) is 2. The largest absolute Gasteiger partial charge is 0.365 e. The quantitative estimate of drug-likeness (QED) is 0.252. The van der Waals surface area contributed by atoms with Gasteiger partial charge in [-0.1, -0.05) is 6.07 Å². The molecule has 0 radical (unpaired) electrons. The van der Waals surface area contributed by atoms with E-state index in [-0.39, 0.29) is 24.1 Å². The summed E-state index contributed by atoms with van der Waals surface area (Å²) in [7, 11) is 0. The van der Waals surface area contributed by atoms with Crippen molar-refractivity contribution in [3.8, 4) is 0 Å². The van der Waals surface area contributed by atoms with Crippen LogP contribution in [0.4, 0.5) is 0 Å². The van der Waals surface area contributed by atoms with Gasteiger partial charge in [-0.25, -0.2) is 0 Å². The number of thioether (sulfide) groups is 1. The number of rotatable bonds is 11. The Balaban J connectivity index is 1.19. The number of nitrogens with one attached hydrogen (secondary N) is 1. The van der Waals surface area contributed by atoms with Crippen LogP contribution in [0.15, 0.2) is 23.1 Å². The molecule has 1 atom stereocenters. The maximum atomic E-state index is 12.9. The topological polar surface area (TPSA) is 117 Å². The van der Waals surface area contributed by atoms with Gasteiger partial charge in [-0.15, -0.1) is 11.8 Å². The van der Waals surface area contributed by atoms with Gasteiger partial charge in [0.1, 0.15) is 6.04 Å². The second-order valence-electron chi connectivity index (χ2n) is 8.63. The van der Waals surface area contributed by atoms with Crippen molar-refractivity contribution in [3.63, 3.8) is 0 Å². The van der Waals surface area contributed by atoms with Gasteiger partial charge < -0.3 is 20.1 Å². The zero-order valence-electron chi connectivity index (χ0n) is 19.4. The fourth-order valence-corrected chi connectivity index (χ4v) is 5.37. The molecule has 3 N–H and O–H groups in total. The van der Waals surface area contributed by atoms with Gasteiger partial charge in [-0.2, -0.15) is 0 Å². The maximum absolute atomic E-state index is 12.9. The van der Waals surface area contributed by atoms with Crippen molar-refractivity contribution in [2.24, 2.45) is 5.73 Å². The van der Waals surface area contributed by atoms with Gasteiger partial charge in [0.15, 0.2) is 0 Å². The maximum Gasteiger partial charge on any atom is 0.255 e. The van der Waals surface area contributed by atoms with Crippen molar-refractivity contribution in [3.05, 3.63) is 29.3 Å². The van der Waals surface area contributed by atoms with Gasteiger partial charge in [0.05, 0.1) is 26.7 Å². The molecular weight excluding hydrogens is 458 g/mol. The van der Waals surface area contributed by atoms with Gasteiger partial charge in [-0.3, -0.25) is 29.5 Å². The normalized spacial score (nSPS) is 21.7. The third-order valence-electron chi connectivity index (χ3n) is 6.30. The van der Waals surface area contributed by atoms with Gasteiger partial charge in [0.2, 0.25) is 11.8 Å². The van der Waals surface area contributed by atoms with Crippen LogP contribution >= 0.6 is 11.8 Å². The lowest BCUT2D eigenvalue weighted by Gasteiger charge is -2.34. The van der Waals surface area contributed by atoms with Crippen LogP contribution in [-0.2, 0) is 25.6 Å². The molecule has 3 aliphatic rings. The molecule has 0 aliphatic carbocycles. The molecule has 3 heterocycles. The number of carbonyl (C=O) groups is 3. The summed E-state index contributed by atoms with van der Waals surface area (Å²) in [5.74, 6) is -0.0320. The molecule has 34 heavy (non-hydrogen) atoms. The highest BCUT2D eigenvalue weighted by Gasteiger charge is 2.39. The highest BCUT2D eigenvalue weighted by Crippen LogP contribution is 2.34. The van der Waals surface area contributed by atoms with Crippen LogP contribution in [0.2, 0.25) is 0 Å². The predicted octanol–water partition coefficient (Wildman–Crippen LogP) is 0.0642. The molecule has 0 aromatic heterocycles. The Bertz CT molecular complexity index is 893. The Morgan fingerprint density at radius 1 is 1.03 bits per heavy atom. The summed E-state index contributed by atoms with van der Waals surface area (Å²) in [4.78, 5) is 43.8. The number of piperazine rings is 1. The molecule has 1 aromatic carbocycles. The fourth-order valence-electron chi connectivity index (χ4n) is 4.42. The summed E-state index contributed by atoms with van der Waals surface area (Å²) in [5, 5.41) is 2.35. The monoisotopic (exact) mass is 491 g/mol. The molecule has 4 rings (SSSR count). The Labute approximate surface area is 204 Å². The van der Waals surface area contributed by atoms with Crippen molar-refractivity contribution in [1.29, 1.82) is 0 Å². The van der Waals surface area contributed by atoms with E-state index in [0.717, 1.165) is 42.4 Å². The number of fused-ring (bicyclic) bond motifs is 1. The van der Waals surface area contributed by atoms with Crippen LogP contribution < -0.4 is 11.1 Å². The predicted molar refractivity (Wildman–Crippen MR) is 127 cm³/mol. The lowest BCUT2D eigenvalue weighted by atomic mass is 10.0. The van der Waals surface area contributed by atoms with Crippen LogP contribution in [0.1, 0.15) is 28.8 Å². The summed E-state index contributed by atoms with van der Waals surface area (Å²) >= 11 is 1.66. The molecule has 11 heteroatoms. The third kappa shape index (κ3) is 6.15. The second-order valence-corrected chi connectivity index (χ2v) is 9.77. The number of benzene rings is 1. The van der Waals surface area contributed by atoms with Gasteiger partial charge in [-0.05, 0) is 24.1 Å². The van der Waals surface area contributed by atoms with Crippen LogP contribution in [-0.4, -0.2) is 104 Å². The van der Waals surface area contributed by atoms with E-state index >= 15 is 0 Å². The first-order valence-electron chi connectivity index (χ1n) is 11.8. The first-order chi connectivity index (χ1) is 16.6. The van der Waals surface area contributed by atoms with Crippen molar-refractivity contribution >= 4 is 29.5 Å². The SMILES string of the molecule is NCCOCN1CCN(COCCSc2cccc3c2CN(C2CCC(=O)NC2=O)C3=O)CC1. The minimum Gasteiger partial charge on any atom is -0.365 e. The van der Waals surface area contributed by atoms with Crippen molar-refractivity contribution in [2.75, 3.05) is 65.2 Å². The number of nitrogens with zero attached hydrogens (tertiary/aromatic N) is 3. The number of hydrogen-bond acceptors (Lipinski definition) is 9. The number of nitrogens with two attached hydrogens (primary N) is 1. The number of imide groups is 1. The van der Waals surface area contributed by atoms with E-state index in [1.54, 1.807) is 16.7 Å². The van der Waals surface area contributed by atoms with E-state index in [9.17, 15) is 14.4 Å². The molecule has 1 aromatic rings. The van der Waals surface area contributed by atoms with E-state index in [0.29, 0.717) is 51.7 Å². The molecule has 0 bridgehead atoms. The summed E-state index contributed by atoms with van der Waals surface area (Å²) in [6.45, 7) is 7.18.